The molecule has 0 unspecified atom stereocenters. The van der Waals surface area contributed by atoms with Crippen molar-refractivity contribution in [2.24, 2.45) is 0 Å². The van der Waals surface area contributed by atoms with Crippen molar-refractivity contribution in [3.8, 4) is 5.00 Å². The predicted octanol–water partition coefficient (Wildman–Crippen LogP) is 3.71. The van der Waals surface area contributed by atoms with Gasteiger partial charge in [-0.15, -0.1) is 11.3 Å². The monoisotopic (exact) mass is 298 g/mol. The number of benzene rings is 1. The number of rotatable bonds is 1. The first kappa shape index (κ1) is 13.0. The van der Waals surface area contributed by atoms with Crippen molar-refractivity contribution >= 4 is 22.4 Å². The van der Waals surface area contributed by atoms with Crippen LogP contribution in [-0.2, 0) is 6.18 Å². The summed E-state index contributed by atoms with van der Waals surface area (Å²) in [5.41, 5.74) is -0.604. The van der Waals surface area contributed by atoms with E-state index >= 15 is 0 Å². The third kappa shape index (κ3) is 2.03. The third-order valence-electron chi connectivity index (χ3n) is 2.96. The summed E-state index contributed by atoms with van der Waals surface area (Å²) < 4.78 is 39.6. The minimum Gasteiger partial charge on any atom is -0.305 e. The number of H-pyrrole nitrogens is 1. The van der Waals surface area contributed by atoms with Gasteiger partial charge in [0.25, 0.3) is 0 Å². The van der Waals surface area contributed by atoms with Crippen LogP contribution in [0.1, 0.15) is 10.4 Å². The lowest BCUT2D eigenvalue weighted by Gasteiger charge is -2.07. The van der Waals surface area contributed by atoms with Gasteiger partial charge in [-0.2, -0.15) is 13.2 Å². The topological polar surface area (TPSA) is 37.8 Å². The fourth-order valence-corrected chi connectivity index (χ4v) is 2.91. The molecule has 0 bridgehead atoms. The molecule has 0 aliphatic carbocycles. The van der Waals surface area contributed by atoms with Crippen LogP contribution in [0.5, 0.6) is 0 Å². The first-order valence-electron chi connectivity index (χ1n) is 5.75. The van der Waals surface area contributed by atoms with Gasteiger partial charge in [0.05, 0.1) is 16.6 Å². The Bertz CT molecular complexity index is 841. The fourth-order valence-electron chi connectivity index (χ4n) is 2.04. The highest BCUT2D eigenvalue weighted by atomic mass is 32.1. The maximum absolute atomic E-state index is 12.8. The number of halogens is 3. The lowest BCUT2D eigenvalue weighted by Crippen LogP contribution is -2.13. The average Bonchev–Trinajstić information content (AvgIpc) is 2.89. The van der Waals surface area contributed by atoms with Crippen LogP contribution in [-0.4, -0.2) is 9.55 Å². The normalized spacial score (nSPS) is 12.2. The molecule has 3 aromatic rings. The minimum absolute atomic E-state index is 0.228. The number of aromatic amines is 1. The largest absolute Gasteiger partial charge is 0.416 e. The quantitative estimate of drug-likeness (QED) is 0.730. The Morgan fingerprint density at radius 3 is 2.55 bits per heavy atom. The maximum atomic E-state index is 12.8. The standard InChI is InChI=1S/C13H9F3N2OS/c1-7-2-5-11(20-7)18-10-6-8(13(14,15)16)3-4-9(10)17-12(18)19/h2-6H,1H3,(H,17,19). The summed E-state index contributed by atoms with van der Waals surface area (Å²) in [6.07, 6.45) is -4.43. The Morgan fingerprint density at radius 1 is 1.20 bits per heavy atom. The van der Waals surface area contributed by atoms with E-state index in [1.165, 1.54) is 22.0 Å². The molecule has 0 radical (unpaired) electrons. The number of aromatic nitrogens is 2. The van der Waals surface area contributed by atoms with Crippen LogP contribution in [0.25, 0.3) is 16.0 Å². The number of alkyl halides is 3. The second-order valence-electron chi connectivity index (χ2n) is 4.38. The summed E-state index contributed by atoms with van der Waals surface area (Å²) in [5, 5.41) is 0.595. The van der Waals surface area contributed by atoms with E-state index in [2.05, 4.69) is 4.98 Å². The predicted molar refractivity (Wildman–Crippen MR) is 71.5 cm³/mol. The Morgan fingerprint density at radius 2 is 1.95 bits per heavy atom. The van der Waals surface area contributed by atoms with Crippen molar-refractivity contribution in [3.63, 3.8) is 0 Å². The number of aryl methyl sites for hydroxylation is 1. The van der Waals surface area contributed by atoms with Gasteiger partial charge in [-0.05, 0) is 37.3 Å². The van der Waals surface area contributed by atoms with E-state index in [-0.39, 0.29) is 5.52 Å². The zero-order valence-corrected chi connectivity index (χ0v) is 11.1. The number of nitrogens with one attached hydrogen (secondary N) is 1. The molecule has 0 fully saturated rings. The Hall–Kier alpha value is -2.02. The second kappa shape index (κ2) is 4.24. The van der Waals surface area contributed by atoms with E-state index < -0.39 is 17.4 Å². The summed E-state index contributed by atoms with van der Waals surface area (Å²) in [4.78, 5) is 15.5. The highest BCUT2D eigenvalue weighted by Gasteiger charge is 2.31. The summed E-state index contributed by atoms with van der Waals surface area (Å²) in [6.45, 7) is 1.87. The van der Waals surface area contributed by atoms with E-state index in [9.17, 15) is 18.0 Å². The van der Waals surface area contributed by atoms with Gasteiger partial charge in [0.2, 0.25) is 0 Å². The molecule has 104 valence electrons. The fraction of sp³-hybridized carbons (Fsp3) is 0.154. The molecule has 7 heteroatoms. The Balaban J connectivity index is 2.31. The zero-order valence-electron chi connectivity index (χ0n) is 10.3. The van der Waals surface area contributed by atoms with E-state index in [1.54, 1.807) is 6.07 Å². The Labute approximate surface area is 115 Å². The summed E-state index contributed by atoms with van der Waals surface area (Å²) in [7, 11) is 0. The van der Waals surface area contributed by atoms with Crippen LogP contribution in [0.2, 0.25) is 0 Å². The highest BCUT2D eigenvalue weighted by molar-refractivity contribution is 7.14. The van der Waals surface area contributed by atoms with Crippen LogP contribution in [0.3, 0.4) is 0 Å². The Kier molecular flexibility index (Phi) is 2.75. The molecule has 0 saturated carbocycles. The number of fused-ring (bicyclic) bond motifs is 1. The molecule has 2 aromatic heterocycles. The van der Waals surface area contributed by atoms with Gasteiger partial charge in [0.15, 0.2) is 0 Å². The van der Waals surface area contributed by atoms with Gasteiger partial charge in [0.1, 0.15) is 5.00 Å². The number of thiophene rings is 1. The molecule has 0 spiro atoms. The second-order valence-corrected chi connectivity index (χ2v) is 5.65. The number of imidazole rings is 1. The molecule has 0 saturated heterocycles. The van der Waals surface area contributed by atoms with Crippen molar-refractivity contribution < 1.29 is 13.2 Å². The third-order valence-corrected chi connectivity index (χ3v) is 3.94. The molecule has 3 rings (SSSR count). The van der Waals surface area contributed by atoms with Gasteiger partial charge < -0.3 is 4.98 Å². The zero-order chi connectivity index (χ0) is 14.5. The summed E-state index contributed by atoms with van der Waals surface area (Å²) in [5.74, 6) is 0. The van der Waals surface area contributed by atoms with Crippen molar-refractivity contribution in [3.05, 3.63) is 51.3 Å². The van der Waals surface area contributed by atoms with Crippen LogP contribution in [0.15, 0.2) is 35.1 Å². The molecule has 1 aromatic carbocycles. The number of nitrogens with zero attached hydrogens (tertiary/aromatic N) is 1. The van der Waals surface area contributed by atoms with Crippen molar-refractivity contribution in [2.75, 3.05) is 0 Å². The number of hydrogen-bond donors (Lipinski definition) is 1. The number of hydrogen-bond acceptors (Lipinski definition) is 2. The molecule has 2 heterocycles. The molecule has 0 atom stereocenters. The summed E-state index contributed by atoms with van der Waals surface area (Å²) in [6, 6.07) is 6.76. The first-order chi connectivity index (χ1) is 9.36. The molecule has 20 heavy (non-hydrogen) atoms. The molecule has 1 N–H and O–H groups in total. The van der Waals surface area contributed by atoms with Crippen LogP contribution in [0.4, 0.5) is 13.2 Å². The van der Waals surface area contributed by atoms with Crippen molar-refractivity contribution in [1.29, 1.82) is 0 Å². The highest BCUT2D eigenvalue weighted by Crippen LogP contribution is 2.31. The van der Waals surface area contributed by atoms with Crippen molar-refractivity contribution in [2.45, 2.75) is 13.1 Å². The maximum Gasteiger partial charge on any atom is 0.416 e. The SMILES string of the molecule is Cc1ccc(-n2c(=O)[nH]c3ccc(C(F)(F)F)cc32)s1. The van der Waals surface area contributed by atoms with Gasteiger partial charge in [-0.1, -0.05) is 0 Å². The molecular formula is C13H9F3N2OS. The van der Waals surface area contributed by atoms with E-state index in [0.717, 1.165) is 17.0 Å². The van der Waals surface area contributed by atoms with E-state index in [0.29, 0.717) is 10.5 Å². The van der Waals surface area contributed by atoms with Gasteiger partial charge >= 0.3 is 11.9 Å². The molecule has 0 amide bonds. The molecular weight excluding hydrogens is 289 g/mol. The van der Waals surface area contributed by atoms with Crippen molar-refractivity contribution in [1.82, 2.24) is 9.55 Å². The van der Waals surface area contributed by atoms with Gasteiger partial charge in [-0.25, -0.2) is 4.79 Å². The lowest BCUT2D eigenvalue weighted by atomic mass is 10.2. The lowest BCUT2D eigenvalue weighted by molar-refractivity contribution is -0.137. The van der Waals surface area contributed by atoms with Gasteiger partial charge in [0, 0.05) is 4.88 Å². The van der Waals surface area contributed by atoms with E-state index in [4.69, 9.17) is 0 Å². The minimum atomic E-state index is -4.43. The molecule has 0 aliphatic rings. The van der Waals surface area contributed by atoms with Crippen LogP contribution >= 0.6 is 11.3 Å². The average molecular weight is 298 g/mol. The smallest absolute Gasteiger partial charge is 0.305 e. The van der Waals surface area contributed by atoms with Gasteiger partial charge in [-0.3, -0.25) is 4.57 Å². The molecule has 3 nitrogen and oxygen atoms in total. The van der Waals surface area contributed by atoms with Crippen LogP contribution in [0, 0.1) is 6.92 Å². The molecule has 0 aliphatic heterocycles. The van der Waals surface area contributed by atoms with Crippen LogP contribution < -0.4 is 5.69 Å². The van der Waals surface area contributed by atoms with E-state index in [1.807, 2.05) is 13.0 Å². The summed E-state index contributed by atoms with van der Waals surface area (Å²) >= 11 is 1.35. The first-order valence-corrected chi connectivity index (χ1v) is 6.57.